The lowest BCUT2D eigenvalue weighted by molar-refractivity contribution is 0.102. The van der Waals surface area contributed by atoms with Crippen LogP contribution in [0.2, 0.25) is 0 Å². The Morgan fingerprint density at radius 1 is 1.12 bits per heavy atom. The molecule has 0 saturated heterocycles. The Kier molecular flexibility index (Phi) is 6.95. The monoisotopic (exact) mass is 344 g/mol. The molecule has 0 atom stereocenters. The van der Waals surface area contributed by atoms with Crippen molar-refractivity contribution < 1.29 is 13.9 Å². The summed E-state index contributed by atoms with van der Waals surface area (Å²) in [6.07, 6.45) is 0. The largest absolute Gasteiger partial charge is 0.492 e. The van der Waals surface area contributed by atoms with E-state index in [2.05, 4.69) is 24.1 Å². The number of anilines is 1. The molecule has 0 radical (unpaired) electrons. The molecule has 134 valence electrons. The molecule has 4 nitrogen and oxygen atoms in total. The Morgan fingerprint density at radius 3 is 2.44 bits per heavy atom. The predicted octanol–water partition coefficient (Wildman–Crippen LogP) is 4.11. The van der Waals surface area contributed by atoms with Gasteiger partial charge in [-0.05, 0) is 62.0 Å². The second kappa shape index (κ2) is 9.18. The molecule has 0 heterocycles. The van der Waals surface area contributed by atoms with Gasteiger partial charge in [-0.25, -0.2) is 4.39 Å². The maximum Gasteiger partial charge on any atom is 0.256 e. The Labute approximate surface area is 148 Å². The molecule has 5 heteroatoms. The first-order valence-electron chi connectivity index (χ1n) is 8.56. The molecular formula is C20H25FN2O2. The number of benzene rings is 2. The normalized spacial score (nSPS) is 10.8. The summed E-state index contributed by atoms with van der Waals surface area (Å²) in [5.41, 5.74) is 1.71. The van der Waals surface area contributed by atoms with Crippen LogP contribution in [0.15, 0.2) is 42.5 Å². The van der Waals surface area contributed by atoms with Gasteiger partial charge >= 0.3 is 0 Å². The minimum atomic E-state index is -0.423. The summed E-state index contributed by atoms with van der Waals surface area (Å²) in [7, 11) is 0. The van der Waals surface area contributed by atoms with E-state index < -0.39 is 5.82 Å². The number of aryl methyl sites for hydroxylation is 1. The van der Waals surface area contributed by atoms with Crippen LogP contribution in [0.1, 0.15) is 29.8 Å². The van der Waals surface area contributed by atoms with E-state index in [1.807, 2.05) is 12.1 Å². The summed E-state index contributed by atoms with van der Waals surface area (Å²) in [6, 6.07) is 11.4. The predicted molar refractivity (Wildman–Crippen MR) is 98.8 cm³/mol. The number of amides is 1. The van der Waals surface area contributed by atoms with Crippen molar-refractivity contribution in [3.05, 3.63) is 59.4 Å². The molecule has 0 unspecified atom stereocenters. The van der Waals surface area contributed by atoms with Crippen LogP contribution >= 0.6 is 0 Å². The maximum absolute atomic E-state index is 13.3. The number of halogens is 1. The smallest absolute Gasteiger partial charge is 0.256 e. The number of hydrogen-bond acceptors (Lipinski definition) is 3. The molecule has 0 spiro atoms. The lowest BCUT2D eigenvalue weighted by atomic mass is 10.1. The van der Waals surface area contributed by atoms with E-state index in [-0.39, 0.29) is 5.91 Å². The molecular weight excluding hydrogens is 319 g/mol. The van der Waals surface area contributed by atoms with Crippen molar-refractivity contribution in [3.63, 3.8) is 0 Å². The second-order valence-electron chi connectivity index (χ2n) is 5.81. The van der Waals surface area contributed by atoms with Crippen molar-refractivity contribution in [1.82, 2.24) is 4.90 Å². The third kappa shape index (κ3) is 5.57. The van der Waals surface area contributed by atoms with Gasteiger partial charge in [-0.15, -0.1) is 0 Å². The van der Waals surface area contributed by atoms with Gasteiger partial charge in [-0.1, -0.05) is 19.9 Å². The van der Waals surface area contributed by atoms with Crippen LogP contribution in [0, 0.1) is 12.7 Å². The van der Waals surface area contributed by atoms with Crippen LogP contribution in [-0.2, 0) is 0 Å². The van der Waals surface area contributed by atoms with Gasteiger partial charge in [0.05, 0.1) is 0 Å². The standard InChI is InChI=1S/C20H25FN2O2/c1-4-23(5-2)12-13-25-18-10-8-17(9-11-18)22-20(24)19-14-16(21)7-6-15(19)3/h6-11,14H,4-5,12-13H2,1-3H3,(H,22,24). The van der Waals surface area contributed by atoms with Gasteiger partial charge < -0.3 is 15.0 Å². The van der Waals surface area contributed by atoms with Crippen molar-refractivity contribution in [2.24, 2.45) is 0 Å². The highest BCUT2D eigenvalue weighted by molar-refractivity contribution is 6.05. The minimum Gasteiger partial charge on any atom is -0.492 e. The van der Waals surface area contributed by atoms with Crippen LogP contribution in [0.3, 0.4) is 0 Å². The summed E-state index contributed by atoms with van der Waals surface area (Å²) in [5, 5.41) is 2.78. The zero-order valence-electron chi connectivity index (χ0n) is 15.0. The summed E-state index contributed by atoms with van der Waals surface area (Å²) in [6.45, 7) is 9.54. The van der Waals surface area contributed by atoms with Crippen molar-refractivity contribution in [2.75, 3.05) is 31.6 Å². The fraction of sp³-hybridized carbons (Fsp3) is 0.350. The molecule has 1 amide bonds. The molecule has 2 aromatic rings. The summed E-state index contributed by atoms with van der Waals surface area (Å²) >= 11 is 0. The lowest BCUT2D eigenvalue weighted by Crippen LogP contribution is -2.27. The van der Waals surface area contributed by atoms with Gasteiger partial charge in [0, 0.05) is 17.8 Å². The highest BCUT2D eigenvalue weighted by Gasteiger charge is 2.10. The van der Waals surface area contributed by atoms with E-state index in [1.54, 1.807) is 25.1 Å². The number of carbonyl (C=O) groups excluding carboxylic acids is 1. The number of carbonyl (C=O) groups is 1. The quantitative estimate of drug-likeness (QED) is 0.784. The van der Waals surface area contributed by atoms with Crippen LogP contribution < -0.4 is 10.1 Å². The van der Waals surface area contributed by atoms with Gasteiger partial charge in [0.25, 0.3) is 5.91 Å². The molecule has 0 bridgehead atoms. The molecule has 0 aromatic heterocycles. The van der Waals surface area contributed by atoms with Crippen molar-refractivity contribution >= 4 is 11.6 Å². The Balaban J connectivity index is 1.91. The first-order chi connectivity index (χ1) is 12.0. The highest BCUT2D eigenvalue weighted by atomic mass is 19.1. The van der Waals surface area contributed by atoms with Gasteiger partial charge in [0.15, 0.2) is 0 Å². The average molecular weight is 344 g/mol. The van der Waals surface area contributed by atoms with Crippen LogP contribution in [-0.4, -0.2) is 37.0 Å². The van der Waals surface area contributed by atoms with E-state index >= 15 is 0 Å². The van der Waals surface area contributed by atoms with Crippen LogP contribution in [0.4, 0.5) is 10.1 Å². The van der Waals surface area contributed by atoms with Crippen molar-refractivity contribution in [2.45, 2.75) is 20.8 Å². The minimum absolute atomic E-state index is 0.327. The SMILES string of the molecule is CCN(CC)CCOc1ccc(NC(=O)c2cc(F)ccc2C)cc1. The number of rotatable bonds is 8. The molecule has 0 aliphatic carbocycles. The average Bonchev–Trinajstić information content (AvgIpc) is 2.62. The Bertz CT molecular complexity index is 697. The van der Waals surface area contributed by atoms with E-state index in [9.17, 15) is 9.18 Å². The number of hydrogen-bond donors (Lipinski definition) is 1. The number of likely N-dealkylation sites (N-methyl/N-ethyl adjacent to an activating group) is 1. The summed E-state index contributed by atoms with van der Waals surface area (Å²) in [5.74, 6) is 0.00648. The molecule has 0 saturated carbocycles. The third-order valence-electron chi connectivity index (χ3n) is 4.13. The van der Waals surface area contributed by atoms with E-state index in [1.165, 1.54) is 12.1 Å². The number of ether oxygens (including phenoxy) is 1. The molecule has 0 fully saturated rings. The zero-order valence-corrected chi connectivity index (χ0v) is 15.0. The molecule has 0 aliphatic heterocycles. The zero-order chi connectivity index (χ0) is 18.2. The summed E-state index contributed by atoms with van der Waals surface area (Å²) < 4.78 is 19.0. The molecule has 2 aromatic carbocycles. The fourth-order valence-electron chi connectivity index (χ4n) is 2.50. The van der Waals surface area contributed by atoms with E-state index in [4.69, 9.17) is 4.74 Å². The van der Waals surface area contributed by atoms with Gasteiger partial charge in [0.2, 0.25) is 0 Å². The first-order valence-corrected chi connectivity index (χ1v) is 8.56. The van der Waals surface area contributed by atoms with Crippen LogP contribution in [0.25, 0.3) is 0 Å². The van der Waals surface area contributed by atoms with Crippen molar-refractivity contribution in [3.8, 4) is 5.75 Å². The van der Waals surface area contributed by atoms with E-state index in [0.717, 1.165) is 30.9 Å². The molecule has 25 heavy (non-hydrogen) atoms. The van der Waals surface area contributed by atoms with Gasteiger partial charge in [-0.3, -0.25) is 4.79 Å². The Morgan fingerprint density at radius 2 is 1.80 bits per heavy atom. The maximum atomic E-state index is 13.3. The Hall–Kier alpha value is -2.40. The lowest BCUT2D eigenvalue weighted by Gasteiger charge is -2.18. The molecule has 1 N–H and O–H groups in total. The number of nitrogens with zero attached hydrogens (tertiary/aromatic N) is 1. The number of nitrogens with one attached hydrogen (secondary N) is 1. The fourth-order valence-corrected chi connectivity index (χ4v) is 2.50. The molecule has 2 rings (SSSR count). The third-order valence-corrected chi connectivity index (χ3v) is 4.13. The highest BCUT2D eigenvalue weighted by Crippen LogP contribution is 2.18. The topological polar surface area (TPSA) is 41.6 Å². The van der Waals surface area contributed by atoms with Gasteiger partial charge in [0.1, 0.15) is 18.2 Å². The summed E-state index contributed by atoms with van der Waals surface area (Å²) in [4.78, 5) is 14.6. The second-order valence-corrected chi connectivity index (χ2v) is 5.81. The van der Waals surface area contributed by atoms with Crippen LogP contribution in [0.5, 0.6) is 5.75 Å². The van der Waals surface area contributed by atoms with Gasteiger partial charge in [-0.2, -0.15) is 0 Å². The van der Waals surface area contributed by atoms with Crippen molar-refractivity contribution in [1.29, 1.82) is 0 Å². The molecule has 0 aliphatic rings. The first kappa shape index (κ1) is 18.9. The van der Waals surface area contributed by atoms with E-state index in [0.29, 0.717) is 17.9 Å².